The molecule has 128 valence electrons. The second-order valence-electron chi connectivity index (χ2n) is 7.07. The van der Waals surface area contributed by atoms with Crippen molar-refractivity contribution in [2.45, 2.75) is 51.9 Å². The first-order valence-electron chi connectivity index (χ1n) is 7.99. The van der Waals surface area contributed by atoms with Gasteiger partial charge in [-0.05, 0) is 40.2 Å². The lowest BCUT2D eigenvalue weighted by molar-refractivity contribution is -0.0982. The van der Waals surface area contributed by atoms with E-state index in [1.54, 1.807) is 33.9 Å². The van der Waals surface area contributed by atoms with Gasteiger partial charge in [-0.15, -0.1) is 0 Å². The lowest BCUT2D eigenvalue weighted by Crippen LogP contribution is -2.53. The molecule has 1 fully saturated rings. The zero-order valence-electron chi connectivity index (χ0n) is 14.6. The van der Waals surface area contributed by atoms with Crippen molar-refractivity contribution in [1.29, 1.82) is 0 Å². The summed E-state index contributed by atoms with van der Waals surface area (Å²) in [6, 6.07) is 1.85. The molecule has 1 saturated heterocycles. The van der Waals surface area contributed by atoms with Crippen LogP contribution in [0.15, 0.2) is 12.3 Å². The van der Waals surface area contributed by atoms with Gasteiger partial charge in [-0.2, -0.15) is 0 Å². The highest BCUT2D eigenvalue weighted by atomic mass is 16.5. The molecule has 6 nitrogen and oxygen atoms in total. The number of aromatic nitrogens is 1. The normalized spacial score (nSPS) is 19.7. The first-order valence-corrected chi connectivity index (χ1v) is 7.99. The summed E-state index contributed by atoms with van der Waals surface area (Å²) in [5.74, 6) is 0. The van der Waals surface area contributed by atoms with Gasteiger partial charge in [0.25, 0.3) is 0 Å². The van der Waals surface area contributed by atoms with Crippen LogP contribution in [-0.2, 0) is 9.39 Å². The summed E-state index contributed by atoms with van der Waals surface area (Å²) in [6.45, 7) is 11.0. The van der Waals surface area contributed by atoms with Crippen LogP contribution < -0.4 is 10.8 Å². The van der Waals surface area contributed by atoms with Gasteiger partial charge < -0.3 is 24.8 Å². The SMILES string of the molecule is Cc1cc(B(O)OC(C)(C)C(C)(C)O)cnc1C1CNCCO1. The van der Waals surface area contributed by atoms with Gasteiger partial charge in [0.15, 0.2) is 0 Å². The van der Waals surface area contributed by atoms with Gasteiger partial charge in [0, 0.05) is 24.7 Å². The number of nitrogens with one attached hydrogen (secondary N) is 1. The molecule has 2 rings (SSSR count). The van der Waals surface area contributed by atoms with Gasteiger partial charge in [0.2, 0.25) is 0 Å². The minimum Gasteiger partial charge on any atom is -0.423 e. The quantitative estimate of drug-likeness (QED) is 0.677. The second-order valence-corrected chi connectivity index (χ2v) is 7.07. The summed E-state index contributed by atoms with van der Waals surface area (Å²) in [5, 5.41) is 23.7. The van der Waals surface area contributed by atoms with Crippen molar-refractivity contribution in [3.8, 4) is 0 Å². The summed E-state index contributed by atoms with van der Waals surface area (Å²) in [5.41, 5.74) is 0.384. The molecular weight excluding hydrogens is 295 g/mol. The Morgan fingerprint density at radius 1 is 1.39 bits per heavy atom. The molecule has 0 bridgehead atoms. The van der Waals surface area contributed by atoms with Crippen LogP contribution in [0.4, 0.5) is 0 Å². The number of aliphatic hydroxyl groups is 1. The highest BCUT2D eigenvalue weighted by Gasteiger charge is 2.39. The Morgan fingerprint density at radius 2 is 2.09 bits per heavy atom. The predicted octanol–water partition coefficient (Wildman–Crippen LogP) is 0.305. The van der Waals surface area contributed by atoms with Crippen molar-refractivity contribution in [2.24, 2.45) is 0 Å². The van der Waals surface area contributed by atoms with Crippen LogP contribution in [-0.4, -0.2) is 53.1 Å². The molecule has 23 heavy (non-hydrogen) atoms. The Kier molecular flexibility index (Phi) is 5.48. The number of morpholine rings is 1. The fourth-order valence-corrected chi connectivity index (χ4v) is 2.31. The van der Waals surface area contributed by atoms with E-state index in [1.165, 1.54) is 0 Å². The Bertz CT molecular complexity index is 539. The third-order valence-corrected chi connectivity index (χ3v) is 4.54. The third kappa shape index (κ3) is 4.30. The first kappa shape index (κ1) is 18.4. The highest BCUT2D eigenvalue weighted by Crippen LogP contribution is 2.25. The molecule has 3 N–H and O–H groups in total. The van der Waals surface area contributed by atoms with Gasteiger partial charge in [-0.3, -0.25) is 4.98 Å². The van der Waals surface area contributed by atoms with E-state index in [1.807, 2.05) is 13.0 Å². The number of rotatable bonds is 5. The van der Waals surface area contributed by atoms with Crippen LogP contribution in [0.5, 0.6) is 0 Å². The summed E-state index contributed by atoms with van der Waals surface area (Å²) in [6.07, 6.45) is 1.54. The van der Waals surface area contributed by atoms with Gasteiger partial charge in [-0.1, -0.05) is 6.07 Å². The van der Waals surface area contributed by atoms with Gasteiger partial charge in [-0.25, -0.2) is 0 Å². The molecule has 1 aromatic heterocycles. The monoisotopic (exact) mass is 322 g/mol. The average Bonchev–Trinajstić information content (AvgIpc) is 2.46. The smallest absolute Gasteiger partial charge is 0.423 e. The molecule has 0 amide bonds. The molecule has 1 aliphatic heterocycles. The fourth-order valence-electron chi connectivity index (χ4n) is 2.31. The van der Waals surface area contributed by atoms with Crippen LogP contribution in [0.25, 0.3) is 0 Å². The third-order valence-electron chi connectivity index (χ3n) is 4.54. The topological polar surface area (TPSA) is 83.8 Å². The van der Waals surface area contributed by atoms with Crippen LogP contribution in [0.2, 0.25) is 0 Å². The van der Waals surface area contributed by atoms with E-state index in [4.69, 9.17) is 9.39 Å². The fraction of sp³-hybridized carbons (Fsp3) is 0.688. The summed E-state index contributed by atoms with van der Waals surface area (Å²) in [4.78, 5) is 4.45. The minimum atomic E-state index is -1.15. The summed E-state index contributed by atoms with van der Waals surface area (Å²) < 4.78 is 11.4. The molecule has 1 aromatic rings. The van der Waals surface area contributed by atoms with E-state index in [2.05, 4.69) is 10.3 Å². The summed E-state index contributed by atoms with van der Waals surface area (Å²) in [7, 11) is -1.15. The Balaban J connectivity index is 2.13. The van der Waals surface area contributed by atoms with Crippen molar-refractivity contribution < 1.29 is 19.5 Å². The van der Waals surface area contributed by atoms with E-state index < -0.39 is 18.3 Å². The lowest BCUT2D eigenvalue weighted by atomic mass is 9.76. The maximum absolute atomic E-state index is 10.3. The van der Waals surface area contributed by atoms with Crippen LogP contribution in [0.1, 0.15) is 45.1 Å². The van der Waals surface area contributed by atoms with Crippen molar-refractivity contribution in [3.05, 3.63) is 23.5 Å². The molecule has 1 atom stereocenters. The van der Waals surface area contributed by atoms with Gasteiger partial charge >= 0.3 is 7.12 Å². The lowest BCUT2D eigenvalue weighted by Gasteiger charge is -2.38. The maximum atomic E-state index is 10.3. The number of nitrogens with zero attached hydrogens (tertiary/aromatic N) is 1. The molecule has 0 aromatic carbocycles. The zero-order chi connectivity index (χ0) is 17.3. The van der Waals surface area contributed by atoms with Crippen molar-refractivity contribution >= 4 is 12.6 Å². The average molecular weight is 322 g/mol. The van der Waals surface area contributed by atoms with Crippen LogP contribution >= 0.6 is 0 Å². The molecule has 0 radical (unpaired) electrons. The Morgan fingerprint density at radius 3 is 2.61 bits per heavy atom. The Labute approximate surface area is 138 Å². The number of aryl methyl sites for hydroxylation is 1. The maximum Gasteiger partial charge on any atom is 0.493 e. The number of hydrogen-bond donors (Lipinski definition) is 3. The van der Waals surface area contributed by atoms with E-state index in [9.17, 15) is 10.1 Å². The molecule has 1 aliphatic rings. The van der Waals surface area contributed by atoms with Crippen molar-refractivity contribution in [2.75, 3.05) is 19.7 Å². The predicted molar refractivity (Wildman–Crippen MR) is 89.6 cm³/mol. The molecule has 0 aliphatic carbocycles. The van der Waals surface area contributed by atoms with Crippen LogP contribution in [0.3, 0.4) is 0 Å². The second kappa shape index (κ2) is 6.87. The largest absolute Gasteiger partial charge is 0.493 e. The van der Waals surface area contributed by atoms with E-state index in [-0.39, 0.29) is 6.10 Å². The zero-order valence-corrected chi connectivity index (χ0v) is 14.6. The molecule has 0 saturated carbocycles. The van der Waals surface area contributed by atoms with E-state index >= 15 is 0 Å². The van der Waals surface area contributed by atoms with Crippen LogP contribution in [0, 0.1) is 6.92 Å². The molecule has 2 heterocycles. The van der Waals surface area contributed by atoms with Crippen molar-refractivity contribution in [1.82, 2.24) is 10.3 Å². The Hall–Kier alpha value is -0.985. The number of hydrogen-bond acceptors (Lipinski definition) is 6. The molecule has 0 spiro atoms. The standard InChI is InChI=1S/C16H27BN2O4/c1-11-8-12(17(21)23-16(4,5)15(2,3)20)9-19-14(11)13-10-18-6-7-22-13/h8-9,13,18,20-21H,6-7,10H2,1-5H3. The van der Waals surface area contributed by atoms with E-state index in [0.717, 1.165) is 24.3 Å². The van der Waals surface area contributed by atoms with Crippen molar-refractivity contribution in [3.63, 3.8) is 0 Å². The molecular formula is C16H27BN2O4. The van der Waals surface area contributed by atoms with Gasteiger partial charge in [0.1, 0.15) is 6.10 Å². The van der Waals surface area contributed by atoms with E-state index in [0.29, 0.717) is 12.1 Å². The first-order chi connectivity index (χ1) is 10.6. The minimum absolute atomic E-state index is 0.0660. The number of ether oxygens (including phenoxy) is 1. The highest BCUT2D eigenvalue weighted by molar-refractivity contribution is 6.60. The van der Waals surface area contributed by atoms with Gasteiger partial charge in [0.05, 0.1) is 23.5 Å². The molecule has 1 unspecified atom stereocenters. The number of pyridine rings is 1. The summed E-state index contributed by atoms with van der Waals surface area (Å²) >= 11 is 0. The molecule has 7 heteroatoms.